The average molecular weight is 1290 g/mol. The molecule has 0 bridgehead atoms. The highest BCUT2D eigenvalue weighted by Crippen LogP contribution is 2.44. The maximum Gasteiger partial charge on any atom is 0.164 e. The number of aryl methyl sites for hydroxylation is 1. The Bertz CT molecular complexity index is 6580. The van der Waals surface area contributed by atoms with Crippen LogP contribution in [0.2, 0.25) is 0 Å². The number of benzene rings is 14. The van der Waals surface area contributed by atoms with Crippen LogP contribution < -0.4 is 0 Å². The molecule has 0 radical (unpaired) electrons. The van der Waals surface area contributed by atoms with Gasteiger partial charge in [0.2, 0.25) is 0 Å². The highest BCUT2D eigenvalue weighted by Gasteiger charge is 2.23. The van der Waals surface area contributed by atoms with Gasteiger partial charge in [0.05, 0.1) is 50.4 Å². The van der Waals surface area contributed by atoms with E-state index in [9.17, 15) is 0 Å². The van der Waals surface area contributed by atoms with Crippen molar-refractivity contribution in [2.75, 3.05) is 0 Å². The summed E-state index contributed by atoms with van der Waals surface area (Å²) in [5.74, 6) is 1.28. The third-order valence-electron chi connectivity index (χ3n) is 19.5. The van der Waals surface area contributed by atoms with Crippen molar-refractivity contribution >= 4 is 87.5 Å². The van der Waals surface area contributed by atoms with Crippen LogP contribution >= 0.6 is 0 Å². The zero-order valence-electron chi connectivity index (χ0n) is 54.9. The fourth-order valence-electron chi connectivity index (χ4n) is 14.7. The standard InChI is InChI=1S/C47H31N3O.C46H29N3O/c1-30-24-26-34(27-25-30)50-42-21-7-5-17-39(42)45-37(19-11-22-43(45)50)40-29-41(38-20-10-18-36-35-16-6-8-23-44(35)51-46(36)38)49-47(48-40)33-15-9-14-32(28-33)31-12-3-2-4-13-31;1-3-13-30(14-4-1)31-15-11-16-32(27-31)40-29-41(48-46(47-40)39-22-12-21-38-37-20-8-10-24-44(37)50-45(38)39)33-25-26-36-35-19-7-9-23-42(35)49(43(36)28-33)34-17-5-2-6-18-34/h2-29H,1H3;1-29H. The monoisotopic (exact) mass is 1290 g/mol. The van der Waals surface area contributed by atoms with Crippen LogP contribution in [-0.4, -0.2) is 29.1 Å². The lowest BCUT2D eigenvalue weighted by molar-refractivity contribution is 0.669. The molecule has 0 atom stereocenters. The van der Waals surface area contributed by atoms with Gasteiger partial charge in [-0.15, -0.1) is 0 Å². The molecule has 0 aliphatic carbocycles. The first kappa shape index (κ1) is 58.8. The number of rotatable bonds is 10. The van der Waals surface area contributed by atoms with Crippen LogP contribution in [0, 0.1) is 6.92 Å². The third kappa shape index (κ3) is 10.4. The SMILES string of the molecule is Cc1ccc(-n2c3ccccc3c3c(-c4cc(-c5cccc6c5oc5ccccc56)nc(-c5cccc(-c6ccccc6)c5)n4)cccc32)cc1.c1ccc(-c2cccc(-c3cc(-c4ccc5c6ccccc6n(-c6ccccc6)c5c4)nc(-c4cccc5c4oc4ccccc45)n3)c2)cc1. The van der Waals surface area contributed by atoms with Crippen LogP contribution in [0.4, 0.5) is 0 Å². The molecule has 14 aromatic carbocycles. The normalized spacial score (nSPS) is 11.6. The van der Waals surface area contributed by atoms with E-state index in [4.69, 9.17) is 28.8 Å². The molecule has 0 aliphatic heterocycles. The highest BCUT2D eigenvalue weighted by atomic mass is 16.3. The second kappa shape index (κ2) is 24.5. The molecule has 0 N–H and O–H groups in total. The molecular weight excluding hydrogens is 1230 g/mol. The number of furan rings is 2. The molecule has 6 aromatic heterocycles. The summed E-state index contributed by atoms with van der Waals surface area (Å²) in [6, 6.07) is 121. The van der Waals surface area contributed by atoms with Gasteiger partial charge >= 0.3 is 0 Å². The molecule has 0 fully saturated rings. The van der Waals surface area contributed by atoms with E-state index in [2.05, 4.69) is 319 Å². The Balaban J connectivity index is 0.000000140. The molecule has 0 spiro atoms. The molecule has 20 rings (SSSR count). The Morgan fingerprint density at radius 2 is 0.653 bits per heavy atom. The summed E-state index contributed by atoms with van der Waals surface area (Å²) in [4.78, 5) is 21.2. The molecule has 0 unspecified atom stereocenters. The summed E-state index contributed by atoms with van der Waals surface area (Å²) >= 11 is 0. The molecule has 8 nitrogen and oxygen atoms in total. The molecule has 6 heterocycles. The van der Waals surface area contributed by atoms with Crippen molar-refractivity contribution in [2.24, 2.45) is 0 Å². The van der Waals surface area contributed by atoms with Gasteiger partial charge in [0.25, 0.3) is 0 Å². The first-order valence-electron chi connectivity index (χ1n) is 34.1. The van der Waals surface area contributed by atoms with Crippen molar-refractivity contribution in [3.63, 3.8) is 0 Å². The molecule has 101 heavy (non-hydrogen) atoms. The number of para-hydroxylation sites is 7. The zero-order chi connectivity index (χ0) is 66.9. The molecule has 8 heteroatoms. The van der Waals surface area contributed by atoms with Crippen molar-refractivity contribution in [1.82, 2.24) is 29.1 Å². The minimum absolute atomic E-state index is 0.621. The van der Waals surface area contributed by atoms with Crippen LogP contribution in [0.5, 0.6) is 0 Å². The van der Waals surface area contributed by atoms with Gasteiger partial charge in [-0.1, -0.05) is 254 Å². The quantitative estimate of drug-likeness (QED) is 0.136. The van der Waals surface area contributed by atoms with Crippen molar-refractivity contribution in [3.05, 3.63) is 351 Å². The van der Waals surface area contributed by atoms with Crippen LogP contribution in [0.15, 0.2) is 355 Å². The number of hydrogen-bond donors (Lipinski definition) is 0. The predicted octanol–water partition coefficient (Wildman–Crippen LogP) is 24.6. The lowest BCUT2D eigenvalue weighted by atomic mass is 10.00. The first-order valence-corrected chi connectivity index (χ1v) is 34.1. The number of hydrogen-bond acceptors (Lipinski definition) is 6. The fraction of sp³-hybridized carbons (Fsp3) is 0.0108. The summed E-state index contributed by atoms with van der Waals surface area (Å²) in [5, 5.41) is 9.04. The summed E-state index contributed by atoms with van der Waals surface area (Å²) in [6.07, 6.45) is 0. The van der Waals surface area contributed by atoms with Gasteiger partial charge in [-0.3, -0.25) is 0 Å². The average Bonchev–Trinajstić information content (AvgIpc) is 1.62. The van der Waals surface area contributed by atoms with E-state index in [1.165, 1.54) is 27.2 Å². The topological polar surface area (TPSA) is 87.7 Å². The molecule has 0 saturated heterocycles. The maximum atomic E-state index is 6.53. The van der Waals surface area contributed by atoms with E-state index < -0.39 is 0 Å². The lowest BCUT2D eigenvalue weighted by Crippen LogP contribution is -1.97. The minimum atomic E-state index is 0.621. The van der Waals surface area contributed by atoms with E-state index >= 15 is 0 Å². The van der Waals surface area contributed by atoms with E-state index in [0.29, 0.717) is 11.6 Å². The van der Waals surface area contributed by atoms with Gasteiger partial charge in [-0.2, -0.15) is 0 Å². The molecule has 474 valence electrons. The minimum Gasteiger partial charge on any atom is -0.455 e. The molecule has 0 aliphatic rings. The maximum absolute atomic E-state index is 6.53. The van der Waals surface area contributed by atoms with Crippen LogP contribution in [-0.2, 0) is 0 Å². The molecule has 0 saturated carbocycles. The van der Waals surface area contributed by atoms with Crippen molar-refractivity contribution < 1.29 is 8.83 Å². The Labute approximate surface area is 581 Å². The second-order valence-corrected chi connectivity index (χ2v) is 25.7. The predicted molar refractivity (Wildman–Crippen MR) is 416 cm³/mol. The third-order valence-corrected chi connectivity index (χ3v) is 19.5. The molecule has 20 aromatic rings. The van der Waals surface area contributed by atoms with Crippen molar-refractivity contribution in [3.8, 4) is 101 Å². The highest BCUT2D eigenvalue weighted by molar-refractivity contribution is 6.16. The fourth-order valence-corrected chi connectivity index (χ4v) is 14.7. The van der Waals surface area contributed by atoms with Gasteiger partial charge in [0.15, 0.2) is 11.6 Å². The van der Waals surface area contributed by atoms with Crippen LogP contribution in [0.1, 0.15) is 5.56 Å². The Morgan fingerprint density at radius 3 is 1.32 bits per heavy atom. The van der Waals surface area contributed by atoms with E-state index in [-0.39, 0.29) is 0 Å². The van der Waals surface area contributed by atoms with Gasteiger partial charge in [0.1, 0.15) is 22.3 Å². The van der Waals surface area contributed by atoms with E-state index in [0.717, 1.165) is 156 Å². The van der Waals surface area contributed by atoms with Crippen molar-refractivity contribution in [1.29, 1.82) is 0 Å². The van der Waals surface area contributed by atoms with Crippen LogP contribution in [0.3, 0.4) is 0 Å². The van der Waals surface area contributed by atoms with E-state index in [1.54, 1.807) is 0 Å². The number of nitrogens with zero attached hydrogens (tertiary/aromatic N) is 6. The van der Waals surface area contributed by atoms with Gasteiger partial charge < -0.3 is 18.0 Å². The first-order chi connectivity index (χ1) is 50.0. The molecule has 0 amide bonds. The Hall–Kier alpha value is -13.6. The summed E-state index contributed by atoms with van der Waals surface area (Å²) < 4.78 is 17.7. The summed E-state index contributed by atoms with van der Waals surface area (Å²) in [5.41, 5.74) is 25.1. The van der Waals surface area contributed by atoms with Crippen LogP contribution in [0.25, 0.3) is 189 Å². The lowest BCUT2D eigenvalue weighted by Gasteiger charge is -2.12. The van der Waals surface area contributed by atoms with Crippen molar-refractivity contribution in [2.45, 2.75) is 6.92 Å². The second-order valence-electron chi connectivity index (χ2n) is 25.7. The summed E-state index contributed by atoms with van der Waals surface area (Å²) in [6.45, 7) is 2.12. The number of aromatic nitrogens is 6. The van der Waals surface area contributed by atoms with Gasteiger partial charge in [-0.05, 0) is 126 Å². The summed E-state index contributed by atoms with van der Waals surface area (Å²) in [7, 11) is 0. The van der Waals surface area contributed by atoms with Gasteiger partial charge in [-0.25, -0.2) is 19.9 Å². The smallest absolute Gasteiger partial charge is 0.164 e. The zero-order valence-corrected chi connectivity index (χ0v) is 54.9. The Morgan fingerprint density at radius 1 is 0.238 bits per heavy atom. The Kier molecular flexibility index (Phi) is 14.3. The van der Waals surface area contributed by atoms with Gasteiger partial charge in [0, 0.05) is 82.3 Å². The number of fused-ring (bicyclic) bond motifs is 12. The largest absolute Gasteiger partial charge is 0.455 e. The van der Waals surface area contributed by atoms with E-state index in [1.807, 2.05) is 42.5 Å². The molecular formula is C93H60N6O2.